The van der Waals surface area contributed by atoms with Gasteiger partial charge in [0, 0.05) is 5.69 Å². The largest absolute Gasteiger partial charge is 0.493 e. The lowest BCUT2D eigenvalue weighted by Gasteiger charge is -2.13. The molecule has 3 aromatic rings. The minimum Gasteiger partial charge on any atom is -0.493 e. The summed E-state index contributed by atoms with van der Waals surface area (Å²) in [5, 5.41) is 5.87. The summed E-state index contributed by atoms with van der Waals surface area (Å²) in [6.07, 6.45) is 0. The lowest BCUT2D eigenvalue weighted by molar-refractivity contribution is 0.101. The number of carbonyl (C=O) groups excluding carboxylic acids is 2. The van der Waals surface area contributed by atoms with Crippen molar-refractivity contribution in [3.05, 3.63) is 82.9 Å². The van der Waals surface area contributed by atoms with Gasteiger partial charge >= 0.3 is 0 Å². The van der Waals surface area contributed by atoms with Gasteiger partial charge in [-0.05, 0) is 56.3 Å². The van der Waals surface area contributed by atoms with Gasteiger partial charge in [0.25, 0.3) is 11.8 Å². The fraction of sp³-hybridized carbons (Fsp3) is 0.167. The Morgan fingerprint density at radius 3 is 2.13 bits per heavy atom. The minimum atomic E-state index is -0.414. The number of para-hydroxylation sites is 3. The van der Waals surface area contributed by atoms with E-state index < -0.39 is 5.91 Å². The molecule has 0 saturated heterocycles. The summed E-state index contributed by atoms with van der Waals surface area (Å²) in [5.74, 6) is 0.288. The van der Waals surface area contributed by atoms with E-state index in [1.807, 2.05) is 19.9 Å². The second kappa shape index (κ2) is 10.5. The van der Waals surface area contributed by atoms with Crippen LogP contribution in [0, 0.1) is 0 Å². The maximum absolute atomic E-state index is 12.9. The smallest absolute Gasteiger partial charge is 0.259 e. The van der Waals surface area contributed by atoms with E-state index in [4.69, 9.17) is 21.1 Å². The van der Waals surface area contributed by atoms with Gasteiger partial charge in [-0.1, -0.05) is 35.9 Å². The molecule has 0 aliphatic carbocycles. The number of ether oxygens (including phenoxy) is 2. The van der Waals surface area contributed by atoms with Crippen LogP contribution in [0.1, 0.15) is 34.6 Å². The molecule has 0 atom stereocenters. The Labute approximate surface area is 186 Å². The molecule has 0 spiro atoms. The van der Waals surface area contributed by atoms with Gasteiger partial charge < -0.3 is 20.1 Å². The number of rotatable bonds is 8. The topological polar surface area (TPSA) is 76.7 Å². The van der Waals surface area contributed by atoms with Gasteiger partial charge in [0.05, 0.1) is 35.1 Å². The number of carbonyl (C=O) groups is 2. The van der Waals surface area contributed by atoms with Crippen molar-refractivity contribution >= 4 is 34.8 Å². The Morgan fingerprint density at radius 1 is 0.774 bits per heavy atom. The van der Waals surface area contributed by atoms with Gasteiger partial charge in [0.2, 0.25) is 0 Å². The van der Waals surface area contributed by atoms with Crippen molar-refractivity contribution in [3.63, 3.8) is 0 Å². The van der Waals surface area contributed by atoms with E-state index >= 15 is 0 Å². The molecule has 31 heavy (non-hydrogen) atoms. The Morgan fingerprint density at radius 2 is 1.39 bits per heavy atom. The second-order valence-corrected chi connectivity index (χ2v) is 6.87. The molecule has 160 valence electrons. The maximum Gasteiger partial charge on any atom is 0.259 e. The Kier molecular flexibility index (Phi) is 7.51. The number of nitrogens with one attached hydrogen (secondary N) is 2. The highest BCUT2D eigenvalue weighted by molar-refractivity contribution is 6.34. The Hall–Kier alpha value is -3.51. The summed E-state index contributed by atoms with van der Waals surface area (Å²) in [6.45, 7) is 4.63. The zero-order valence-corrected chi connectivity index (χ0v) is 18.0. The van der Waals surface area contributed by atoms with E-state index in [-0.39, 0.29) is 16.5 Å². The van der Waals surface area contributed by atoms with E-state index in [0.717, 1.165) is 0 Å². The van der Waals surface area contributed by atoms with Gasteiger partial charge in [0.15, 0.2) is 0 Å². The first-order chi connectivity index (χ1) is 15.0. The van der Waals surface area contributed by atoms with Crippen molar-refractivity contribution in [3.8, 4) is 11.5 Å². The Bertz CT molecular complexity index is 1080. The Balaban J connectivity index is 1.81. The first kappa shape index (κ1) is 22.2. The molecule has 0 aliphatic heterocycles. The summed E-state index contributed by atoms with van der Waals surface area (Å²) in [6, 6.07) is 18.8. The van der Waals surface area contributed by atoms with E-state index in [2.05, 4.69) is 10.6 Å². The van der Waals surface area contributed by atoms with Crippen molar-refractivity contribution in [1.82, 2.24) is 0 Å². The van der Waals surface area contributed by atoms with Crippen molar-refractivity contribution < 1.29 is 19.1 Å². The molecule has 6 nitrogen and oxygen atoms in total. The number of hydrogen-bond acceptors (Lipinski definition) is 4. The SMILES string of the molecule is CCOc1ccccc1NC(=O)c1cc(NC(=O)c2ccccc2OCC)ccc1Cl. The molecule has 0 bridgehead atoms. The zero-order valence-electron chi connectivity index (χ0n) is 17.3. The van der Waals surface area contributed by atoms with Crippen molar-refractivity contribution in [2.75, 3.05) is 23.8 Å². The molecule has 7 heteroatoms. The summed E-state index contributed by atoms with van der Waals surface area (Å²) in [5.41, 5.74) is 1.59. The van der Waals surface area contributed by atoms with E-state index in [1.165, 1.54) is 6.07 Å². The molecule has 2 N–H and O–H groups in total. The lowest BCUT2D eigenvalue weighted by Crippen LogP contribution is -2.16. The third-order valence-electron chi connectivity index (χ3n) is 4.34. The highest BCUT2D eigenvalue weighted by Crippen LogP contribution is 2.27. The van der Waals surface area contributed by atoms with Crippen LogP contribution in [0.15, 0.2) is 66.7 Å². The van der Waals surface area contributed by atoms with E-state index in [0.29, 0.717) is 41.7 Å². The fourth-order valence-electron chi connectivity index (χ4n) is 2.95. The highest BCUT2D eigenvalue weighted by Gasteiger charge is 2.16. The third kappa shape index (κ3) is 5.55. The molecule has 3 rings (SSSR count). The summed E-state index contributed by atoms with van der Waals surface area (Å²) >= 11 is 6.25. The molecule has 0 heterocycles. The van der Waals surface area contributed by atoms with Crippen molar-refractivity contribution in [2.24, 2.45) is 0 Å². The molecule has 0 aliphatic rings. The maximum atomic E-state index is 12.9. The summed E-state index contributed by atoms with van der Waals surface area (Å²) in [7, 11) is 0. The predicted molar refractivity (Wildman–Crippen MR) is 123 cm³/mol. The third-order valence-corrected chi connectivity index (χ3v) is 4.67. The van der Waals surface area contributed by atoms with Crippen LogP contribution in [0.3, 0.4) is 0 Å². The van der Waals surface area contributed by atoms with Crippen LogP contribution in [0.25, 0.3) is 0 Å². The molecular weight excluding hydrogens is 416 g/mol. The first-order valence-corrected chi connectivity index (χ1v) is 10.3. The van der Waals surface area contributed by atoms with Gasteiger partial charge in [-0.15, -0.1) is 0 Å². The van der Waals surface area contributed by atoms with Gasteiger partial charge in [-0.25, -0.2) is 0 Å². The molecular formula is C24H23ClN2O4. The molecule has 3 aromatic carbocycles. The predicted octanol–water partition coefficient (Wildman–Crippen LogP) is 5.64. The van der Waals surface area contributed by atoms with Gasteiger partial charge in [-0.2, -0.15) is 0 Å². The van der Waals surface area contributed by atoms with Gasteiger partial charge in [-0.3, -0.25) is 9.59 Å². The average Bonchev–Trinajstić information content (AvgIpc) is 2.77. The fourth-order valence-corrected chi connectivity index (χ4v) is 3.16. The average molecular weight is 439 g/mol. The van der Waals surface area contributed by atoms with Crippen LogP contribution in [0.2, 0.25) is 5.02 Å². The molecule has 0 radical (unpaired) electrons. The van der Waals surface area contributed by atoms with E-state index in [9.17, 15) is 9.59 Å². The van der Waals surface area contributed by atoms with Crippen LogP contribution in [-0.4, -0.2) is 25.0 Å². The number of benzene rings is 3. The molecule has 0 unspecified atom stereocenters. The lowest BCUT2D eigenvalue weighted by atomic mass is 10.1. The van der Waals surface area contributed by atoms with Crippen LogP contribution in [0.4, 0.5) is 11.4 Å². The van der Waals surface area contributed by atoms with Crippen molar-refractivity contribution in [2.45, 2.75) is 13.8 Å². The number of halogens is 1. The standard InChI is InChI=1S/C24H23ClN2O4/c1-3-30-21-11-7-5-9-17(21)23(28)26-16-13-14-19(25)18(15-16)24(29)27-20-10-6-8-12-22(20)31-4-2/h5-15H,3-4H2,1-2H3,(H,26,28)(H,27,29). The monoisotopic (exact) mass is 438 g/mol. The number of amides is 2. The number of hydrogen-bond donors (Lipinski definition) is 2. The minimum absolute atomic E-state index is 0.226. The molecule has 0 fully saturated rings. The quantitative estimate of drug-likeness (QED) is 0.477. The zero-order chi connectivity index (χ0) is 22.2. The highest BCUT2D eigenvalue weighted by atomic mass is 35.5. The van der Waals surface area contributed by atoms with Crippen LogP contribution < -0.4 is 20.1 Å². The van der Waals surface area contributed by atoms with Crippen LogP contribution in [-0.2, 0) is 0 Å². The van der Waals surface area contributed by atoms with Crippen LogP contribution in [0.5, 0.6) is 11.5 Å². The molecule has 0 aromatic heterocycles. The first-order valence-electron chi connectivity index (χ1n) is 9.89. The molecule has 0 saturated carbocycles. The van der Waals surface area contributed by atoms with E-state index in [1.54, 1.807) is 54.6 Å². The van der Waals surface area contributed by atoms with Gasteiger partial charge in [0.1, 0.15) is 11.5 Å². The normalized spacial score (nSPS) is 10.3. The second-order valence-electron chi connectivity index (χ2n) is 6.46. The number of anilines is 2. The van der Waals surface area contributed by atoms with Crippen molar-refractivity contribution in [1.29, 1.82) is 0 Å². The van der Waals surface area contributed by atoms with Crippen LogP contribution >= 0.6 is 11.6 Å². The summed E-state index contributed by atoms with van der Waals surface area (Å²) < 4.78 is 11.1. The molecule has 2 amide bonds. The summed E-state index contributed by atoms with van der Waals surface area (Å²) in [4.78, 5) is 25.6.